The van der Waals surface area contributed by atoms with Crippen molar-refractivity contribution in [3.63, 3.8) is 0 Å². The van der Waals surface area contributed by atoms with Crippen LogP contribution in [-0.4, -0.2) is 6.84 Å². The first kappa shape index (κ1) is 21.5. The molecule has 0 N–H and O–H groups in total. The van der Waals surface area contributed by atoms with E-state index in [4.69, 9.17) is 3.67 Å². The molecule has 85 valence electrons. The molecule has 0 atom stereocenters. The molecule has 0 radical (unpaired) electrons. The summed E-state index contributed by atoms with van der Waals surface area (Å²) < 4.78 is 6.02. The van der Waals surface area contributed by atoms with Crippen molar-refractivity contribution in [3.8, 4) is 0 Å². The van der Waals surface area contributed by atoms with E-state index in [1.807, 2.05) is 0 Å². The minimum atomic E-state index is -1.08. The van der Waals surface area contributed by atoms with E-state index < -0.39 is 6.84 Å². The number of alkyl halides is 4. The normalized spacial score (nSPS) is 10.7. The molecule has 0 spiro atoms. The van der Waals surface area contributed by atoms with Crippen molar-refractivity contribution in [1.82, 2.24) is 0 Å². The zero-order valence-electron chi connectivity index (χ0n) is 7.60. The van der Waals surface area contributed by atoms with Gasteiger partial charge in [0.15, 0.2) is 0 Å². The SMILES string of the molecule is CCC([O-])(Br)Br.CCC([O-])(Br)Br.[O]=[V+2]. The molecule has 8 heteroatoms. The second-order valence-corrected chi connectivity index (χ2v) is 9.23. The summed E-state index contributed by atoms with van der Waals surface area (Å²) in [7, 11) is 0. The van der Waals surface area contributed by atoms with Gasteiger partial charge < -0.3 is 10.2 Å². The van der Waals surface area contributed by atoms with Crippen molar-refractivity contribution < 1.29 is 31.3 Å². The Labute approximate surface area is 127 Å². The van der Waals surface area contributed by atoms with Crippen molar-refractivity contribution >= 4 is 63.7 Å². The second kappa shape index (κ2) is 11.7. The summed E-state index contributed by atoms with van der Waals surface area (Å²) in [5.74, 6) is 0. The molecule has 0 fully saturated rings. The molecule has 0 amide bonds. The minimum absolute atomic E-state index is 0.549. The van der Waals surface area contributed by atoms with Gasteiger partial charge in [-0.3, -0.25) is 0 Å². The van der Waals surface area contributed by atoms with Gasteiger partial charge in [-0.25, -0.2) is 0 Å². The standard InChI is InChI=1S/2C3H5Br2O.O.V/c2*1-2-3(4,5)6;;/h2*2H2,1H3;;/q2*-1;;+2. The van der Waals surface area contributed by atoms with Gasteiger partial charge in [-0.15, -0.1) is 0 Å². The Hall–Kier alpha value is 2.22. The molecule has 0 bridgehead atoms. The number of rotatable bonds is 2. The molecule has 0 saturated carbocycles. The zero-order valence-corrected chi connectivity index (χ0v) is 15.3. The molecule has 0 aromatic rings. The predicted octanol–water partition coefficient (Wildman–Crippen LogP) is 2.28. The zero-order chi connectivity index (χ0) is 12.4. The average molecular weight is 501 g/mol. The fraction of sp³-hybridized carbons (Fsp3) is 1.00. The Bertz CT molecular complexity index is 109. The van der Waals surface area contributed by atoms with Crippen LogP contribution in [0.25, 0.3) is 0 Å². The average Bonchev–Trinajstić information content (AvgIpc) is 2.07. The number of hydrogen-bond acceptors (Lipinski definition) is 3. The second-order valence-electron chi connectivity index (χ2n) is 1.98. The van der Waals surface area contributed by atoms with Crippen LogP contribution in [0.4, 0.5) is 0 Å². The third kappa shape index (κ3) is 36.8. The predicted molar refractivity (Wildman–Crippen MR) is 62.4 cm³/mol. The van der Waals surface area contributed by atoms with E-state index in [-0.39, 0.29) is 0 Å². The van der Waals surface area contributed by atoms with Gasteiger partial charge in [0, 0.05) is 6.84 Å². The molecule has 0 unspecified atom stereocenters. The van der Waals surface area contributed by atoms with Crippen LogP contribution in [0.3, 0.4) is 0 Å². The van der Waals surface area contributed by atoms with Crippen LogP contribution in [0, 0.1) is 0 Å². The molecule has 0 aliphatic heterocycles. The topological polar surface area (TPSA) is 63.2 Å². The summed E-state index contributed by atoms with van der Waals surface area (Å²) in [5, 5.41) is 20.6. The van der Waals surface area contributed by atoms with E-state index in [0.717, 1.165) is 17.4 Å². The van der Waals surface area contributed by atoms with Crippen LogP contribution in [0.1, 0.15) is 26.7 Å². The van der Waals surface area contributed by atoms with Crippen molar-refractivity contribution in [3.05, 3.63) is 0 Å². The van der Waals surface area contributed by atoms with Crippen LogP contribution >= 0.6 is 63.7 Å². The first-order valence-corrected chi connectivity index (χ1v) is 7.21. The van der Waals surface area contributed by atoms with Crippen LogP contribution in [0.15, 0.2) is 0 Å². The van der Waals surface area contributed by atoms with E-state index in [9.17, 15) is 10.2 Å². The molecule has 0 aliphatic carbocycles. The molecule has 0 rings (SSSR count). The maximum atomic E-state index is 10.3. The summed E-state index contributed by atoms with van der Waals surface area (Å²) in [4.78, 5) is 0. The fourth-order valence-corrected chi connectivity index (χ4v) is 0. The number of halogens is 4. The van der Waals surface area contributed by atoms with Gasteiger partial charge in [-0.1, -0.05) is 77.6 Å². The van der Waals surface area contributed by atoms with Crippen molar-refractivity contribution in [1.29, 1.82) is 0 Å². The van der Waals surface area contributed by atoms with Gasteiger partial charge in [0.05, 0.1) is 0 Å². The Morgan fingerprint density at radius 1 is 0.929 bits per heavy atom. The van der Waals surface area contributed by atoms with Crippen LogP contribution in [0.2, 0.25) is 0 Å². The molecule has 0 saturated heterocycles. The van der Waals surface area contributed by atoms with Crippen molar-refractivity contribution in [2.24, 2.45) is 0 Å². The van der Waals surface area contributed by atoms with Gasteiger partial charge in [0.2, 0.25) is 0 Å². The molecular formula is C6H10Br4O3V. The summed E-state index contributed by atoms with van der Waals surface area (Å²) in [6.07, 6.45) is 1.10. The molecule has 3 nitrogen and oxygen atoms in total. The Morgan fingerprint density at radius 2 is 1.00 bits per heavy atom. The Morgan fingerprint density at radius 3 is 1.00 bits per heavy atom. The van der Waals surface area contributed by atoms with Crippen LogP contribution < -0.4 is 10.2 Å². The van der Waals surface area contributed by atoms with Gasteiger partial charge >= 0.3 is 21.0 Å². The number of hydrogen-bond donors (Lipinski definition) is 0. The maximum absolute atomic E-state index is 10.3. The molecule has 0 aliphatic rings. The molecule has 0 heterocycles. The van der Waals surface area contributed by atoms with E-state index in [1.165, 1.54) is 0 Å². The summed E-state index contributed by atoms with van der Waals surface area (Å²) in [6.45, 7) is 3.60. The van der Waals surface area contributed by atoms with Crippen molar-refractivity contribution in [2.75, 3.05) is 0 Å². The van der Waals surface area contributed by atoms with Gasteiger partial charge in [0.25, 0.3) is 0 Å². The fourth-order valence-electron chi connectivity index (χ4n) is 0. The van der Waals surface area contributed by atoms with Gasteiger partial charge in [0.1, 0.15) is 0 Å². The van der Waals surface area contributed by atoms with E-state index in [2.05, 4.69) is 63.7 Å². The molecule has 0 aromatic carbocycles. The summed E-state index contributed by atoms with van der Waals surface area (Å²) in [5.41, 5.74) is 0. The van der Waals surface area contributed by atoms with E-state index >= 15 is 0 Å². The van der Waals surface area contributed by atoms with Crippen LogP contribution in [0.5, 0.6) is 0 Å². The third-order valence-electron chi connectivity index (χ3n) is 0.823. The third-order valence-corrected chi connectivity index (χ3v) is 3.07. The van der Waals surface area contributed by atoms with Gasteiger partial charge in [-0.2, -0.15) is 0 Å². The van der Waals surface area contributed by atoms with Crippen LogP contribution in [-0.2, 0) is 21.0 Å². The van der Waals surface area contributed by atoms with Gasteiger partial charge in [-0.05, 0) is 12.8 Å². The first-order chi connectivity index (χ1) is 6.12. The monoisotopic (exact) mass is 497 g/mol. The summed E-state index contributed by atoms with van der Waals surface area (Å²) >= 11 is 12.4. The quantitative estimate of drug-likeness (QED) is 0.547. The van der Waals surface area contributed by atoms with E-state index in [1.54, 1.807) is 13.8 Å². The molecular weight excluding hydrogens is 491 g/mol. The van der Waals surface area contributed by atoms with Crippen molar-refractivity contribution in [2.45, 2.75) is 33.5 Å². The Balaban J connectivity index is -0.000000147. The summed E-state index contributed by atoms with van der Waals surface area (Å²) in [6, 6.07) is 0. The molecule has 0 aromatic heterocycles. The molecule has 14 heavy (non-hydrogen) atoms. The van der Waals surface area contributed by atoms with E-state index in [0.29, 0.717) is 12.8 Å². The Kier molecular flexibility index (Phi) is 18.0. The first-order valence-electron chi connectivity index (χ1n) is 3.47.